The molecule has 0 aromatic heterocycles. The largest absolute Gasteiger partial charge is 0.478 e. The van der Waals surface area contributed by atoms with E-state index >= 15 is 0 Å². The fraction of sp³-hybridized carbons (Fsp3) is 0.250. The van der Waals surface area contributed by atoms with Crippen molar-refractivity contribution in [1.82, 2.24) is 5.32 Å². The molecule has 1 heterocycles. The van der Waals surface area contributed by atoms with E-state index in [1.54, 1.807) is 43.3 Å². The second kappa shape index (κ2) is 14.5. The fourth-order valence-electron chi connectivity index (χ4n) is 4.92. The Morgan fingerprint density at radius 2 is 1.77 bits per heavy atom. The Kier molecular flexibility index (Phi) is 11.1. The van der Waals surface area contributed by atoms with E-state index in [4.69, 9.17) is 25.8 Å². The molecule has 2 N–H and O–H groups in total. The number of esters is 1. The van der Waals surface area contributed by atoms with Crippen molar-refractivity contribution in [3.05, 3.63) is 130 Å². The third-order valence-electron chi connectivity index (χ3n) is 6.68. The van der Waals surface area contributed by atoms with Crippen molar-refractivity contribution in [2.24, 2.45) is 0 Å². The maximum atomic E-state index is 13.8. The summed E-state index contributed by atoms with van der Waals surface area (Å²) in [5.41, 5.74) is 3.16. The molecule has 0 saturated heterocycles. The van der Waals surface area contributed by atoms with Crippen LogP contribution in [0.25, 0.3) is 0 Å². The zero-order chi connectivity index (χ0) is 29.2. The minimum Gasteiger partial charge on any atom is -0.478 e. The van der Waals surface area contributed by atoms with Gasteiger partial charge in [-0.3, -0.25) is 0 Å². The molecule has 0 amide bonds. The number of benzene rings is 2. The molecule has 1 aliphatic rings. The molecule has 2 aromatic carbocycles. The fourth-order valence-corrected chi connectivity index (χ4v) is 5.12. The average Bonchev–Trinajstić information content (AvgIpc) is 2.94. The Bertz CT molecular complexity index is 1340. The van der Waals surface area contributed by atoms with Crippen molar-refractivity contribution in [3.8, 4) is 0 Å². The number of hydrogen-bond acceptors (Lipinski definition) is 6. The van der Waals surface area contributed by atoms with Gasteiger partial charge in [-0.05, 0) is 42.2 Å². The van der Waals surface area contributed by atoms with Crippen molar-refractivity contribution < 1.29 is 28.9 Å². The first-order valence-electron chi connectivity index (χ1n) is 12.7. The van der Waals surface area contributed by atoms with Gasteiger partial charge in [-0.15, -0.1) is 0 Å². The molecule has 7 nitrogen and oxygen atoms in total. The SMILES string of the molecule is C=C/C=C(\C=C)C(CCOC(=O)C1=C(C(OC)OC)NC(C)=C(C(=O)O)C1c1cccc(Cl)c1)c1ccccc1. The van der Waals surface area contributed by atoms with E-state index in [0.717, 1.165) is 11.1 Å². The smallest absolute Gasteiger partial charge is 0.336 e. The Hall–Kier alpha value is -3.91. The van der Waals surface area contributed by atoms with Gasteiger partial charge in [0.25, 0.3) is 0 Å². The molecule has 0 spiro atoms. The van der Waals surface area contributed by atoms with Gasteiger partial charge < -0.3 is 24.6 Å². The summed E-state index contributed by atoms with van der Waals surface area (Å²) in [6, 6.07) is 16.6. The van der Waals surface area contributed by atoms with Crippen molar-refractivity contribution in [1.29, 1.82) is 0 Å². The van der Waals surface area contributed by atoms with Crippen molar-refractivity contribution in [2.75, 3.05) is 20.8 Å². The van der Waals surface area contributed by atoms with Crippen LogP contribution in [-0.4, -0.2) is 44.2 Å². The van der Waals surface area contributed by atoms with Gasteiger partial charge in [0.15, 0.2) is 6.29 Å². The number of carbonyl (C=O) groups excluding carboxylic acids is 1. The maximum Gasteiger partial charge on any atom is 0.336 e. The number of carbonyl (C=O) groups is 2. The first-order valence-corrected chi connectivity index (χ1v) is 13.1. The molecule has 1 aliphatic heterocycles. The van der Waals surface area contributed by atoms with Crippen LogP contribution in [-0.2, 0) is 23.8 Å². The zero-order valence-corrected chi connectivity index (χ0v) is 23.6. The monoisotopic (exact) mass is 563 g/mol. The van der Waals surface area contributed by atoms with Crippen LogP contribution in [0.5, 0.6) is 0 Å². The van der Waals surface area contributed by atoms with Crippen LogP contribution >= 0.6 is 11.6 Å². The summed E-state index contributed by atoms with van der Waals surface area (Å²) in [5.74, 6) is -2.96. The third kappa shape index (κ3) is 6.99. The number of ether oxygens (including phenoxy) is 3. The van der Waals surface area contributed by atoms with E-state index in [2.05, 4.69) is 18.5 Å². The van der Waals surface area contributed by atoms with Crippen LogP contribution in [0.4, 0.5) is 0 Å². The van der Waals surface area contributed by atoms with E-state index in [1.807, 2.05) is 36.4 Å². The average molecular weight is 564 g/mol. The van der Waals surface area contributed by atoms with Gasteiger partial charge in [-0.2, -0.15) is 0 Å². The first-order chi connectivity index (χ1) is 19.3. The number of halogens is 1. The maximum absolute atomic E-state index is 13.8. The van der Waals surface area contributed by atoms with Gasteiger partial charge in [0.05, 0.1) is 29.4 Å². The van der Waals surface area contributed by atoms with E-state index in [1.165, 1.54) is 14.2 Å². The number of methoxy groups -OCH3 is 2. The van der Waals surface area contributed by atoms with Gasteiger partial charge >= 0.3 is 11.9 Å². The lowest BCUT2D eigenvalue weighted by molar-refractivity contribution is -0.140. The second-order valence-electron chi connectivity index (χ2n) is 9.08. The molecule has 3 rings (SSSR count). The molecule has 0 aliphatic carbocycles. The molecule has 8 heteroatoms. The Morgan fingerprint density at radius 1 is 1.07 bits per heavy atom. The number of hydrogen-bond donors (Lipinski definition) is 2. The quantitative estimate of drug-likeness (QED) is 0.168. The molecule has 0 saturated carbocycles. The Labute approximate surface area is 240 Å². The standard InChI is InChI=1S/C32H34ClNO6/c1-6-12-21(7-2)25(22-13-9-8-10-14-22)17-18-40-31(37)28-27(23-15-11-16-24(33)19-23)26(30(35)36)20(3)34-29(28)32(38-4)39-5/h6-16,19,25,27,32,34H,1-2,17-18H2,3-5H3,(H,35,36)/b21-12+. The summed E-state index contributed by atoms with van der Waals surface area (Å²) in [5, 5.41) is 13.6. The summed E-state index contributed by atoms with van der Waals surface area (Å²) in [4.78, 5) is 26.3. The highest BCUT2D eigenvalue weighted by Crippen LogP contribution is 2.41. The van der Waals surface area contributed by atoms with E-state index in [-0.39, 0.29) is 29.4 Å². The lowest BCUT2D eigenvalue weighted by Gasteiger charge is -2.33. The van der Waals surface area contributed by atoms with Gasteiger partial charge in [-0.1, -0.05) is 85.5 Å². The molecule has 210 valence electrons. The molecular weight excluding hydrogens is 530 g/mol. The van der Waals surface area contributed by atoms with Crippen LogP contribution < -0.4 is 5.32 Å². The molecule has 40 heavy (non-hydrogen) atoms. The minimum atomic E-state index is -1.18. The number of carboxylic acid groups (broad SMARTS) is 1. The second-order valence-corrected chi connectivity index (χ2v) is 9.52. The zero-order valence-electron chi connectivity index (χ0n) is 22.9. The summed E-state index contributed by atoms with van der Waals surface area (Å²) in [7, 11) is 2.86. The van der Waals surface area contributed by atoms with Crippen LogP contribution in [0.2, 0.25) is 5.02 Å². The molecule has 2 unspecified atom stereocenters. The van der Waals surface area contributed by atoms with Crippen LogP contribution in [0.1, 0.15) is 36.3 Å². The highest BCUT2D eigenvalue weighted by molar-refractivity contribution is 6.30. The topological polar surface area (TPSA) is 94.1 Å². The number of dihydropyridines is 1. The lowest BCUT2D eigenvalue weighted by atomic mass is 9.80. The van der Waals surface area contributed by atoms with Gasteiger partial charge in [0, 0.05) is 30.9 Å². The first kappa shape index (κ1) is 30.6. The highest BCUT2D eigenvalue weighted by Gasteiger charge is 2.40. The predicted molar refractivity (Wildman–Crippen MR) is 156 cm³/mol. The summed E-state index contributed by atoms with van der Waals surface area (Å²) in [6.07, 6.45) is 4.81. The van der Waals surface area contributed by atoms with Crippen molar-refractivity contribution in [3.63, 3.8) is 0 Å². The van der Waals surface area contributed by atoms with E-state index in [0.29, 0.717) is 22.7 Å². The van der Waals surface area contributed by atoms with Crippen LogP contribution in [0.15, 0.2) is 114 Å². The number of nitrogens with one attached hydrogen (secondary N) is 1. The molecule has 2 atom stereocenters. The minimum absolute atomic E-state index is 0.00561. The summed E-state index contributed by atoms with van der Waals surface area (Å²) < 4.78 is 16.8. The van der Waals surface area contributed by atoms with Gasteiger partial charge in [0.2, 0.25) is 0 Å². The summed E-state index contributed by atoms with van der Waals surface area (Å²) >= 11 is 6.27. The summed E-state index contributed by atoms with van der Waals surface area (Å²) in [6.45, 7) is 9.41. The van der Waals surface area contributed by atoms with Gasteiger partial charge in [-0.25, -0.2) is 9.59 Å². The van der Waals surface area contributed by atoms with Gasteiger partial charge in [0.1, 0.15) is 0 Å². The lowest BCUT2D eigenvalue weighted by Crippen LogP contribution is -2.38. The van der Waals surface area contributed by atoms with Crippen molar-refractivity contribution in [2.45, 2.75) is 31.5 Å². The third-order valence-corrected chi connectivity index (χ3v) is 6.91. The van der Waals surface area contributed by atoms with Crippen LogP contribution in [0.3, 0.4) is 0 Å². The molecule has 2 aromatic rings. The number of carboxylic acids is 1. The van der Waals surface area contributed by atoms with Crippen LogP contribution in [0, 0.1) is 0 Å². The number of aliphatic carboxylic acids is 1. The normalized spacial score (nSPS) is 16.4. The van der Waals surface area contributed by atoms with E-state index < -0.39 is 24.1 Å². The van der Waals surface area contributed by atoms with Crippen molar-refractivity contribution >= 4 is 23.5 Å². The Balaban J connectivity index is 2.03. The van der Waals surface area contributed by atoms with E-state index in [9.17, 15) is 14.7 Å². The predicted octanol–water partition coefficient (Wildman–Crippen LogP) is 6.27. The highest BCUT2D eigenvalue weighted by atomic mass is 35.5. The molecular formula is C32H34ClNO6. The Morgan fingerprint density at radius 3 is 2.35 bits per heavy atom. The molecule has 0 fully saturated rings. The number of allylic oxidation sites excluding steroid dienone is 5. The molecule has 0 bridgehead atoms. The molecule has 0 radical (unpaired) electrons. The number of rotatable bonds is 13.